The lowest BCUT2D eigenvalue weighted by molar-refractivity contribution is 0.0983. The maximum absolute atomic E-state index is 12.6. The van der Waals surface area contributed by atoms with E-state index < -0.39 is 5.91 Å². The van der Waals surface area contributed by atoms with E-state index >= 15 is 0 Å². The van der Waals surface area contributed by atoms with Gasteiger partial charge >= 0.3 is 0 Å². The lowest BCUT2D eigenvalue weighted by Crippen LogP contribution is -2.14. The molecule has 3 aromatic heterocycles. The number of Topliss-reactive ketones (excluding diaryl/α,β-unsaturated/α-hetero) is 1. The number of halogens is 1. The predicted molar refractivity (Wildman–Crippen MR) is 103 cm³/mol. The van der Waals surface area contributed by atoms with Crippen molar-refractivity contribution in [1.29, 1.82) is 0 Å². The minimum Gasteiger partial charge on any atom is -0.456 e. The molecule has 0 unspecified atom stereocenters. The molecule has 9 nitrogen and oxygen atoms in total. The molecule has 0 aliphatic rings. The van der Waals surface area contributed by atoms with Crippen LogP contribution in [0.25, 0.3) is 11.3 Å². The summed E-state index contributed by atoms with van der Waals surface area (Å²) in [7, 11) is 0. The summed E-state index contributed by atoms with van der Waals surface area (Å²) in [4.78, 5) is 29.2. The molecular weight excluding hydrogens is 398 g/mol. The Morgan fingerprint density at radius 2 is 2.10 bits per heavy atom. The van der Waals surface area contributed by atoms with Gasteiger partial charge in [-0.15, -0.1) is 5.10 Å². The topological polar surface area (TPSA) is 116 Å². The molecular formula is C19H14ClN5O4. The number of oxazole rings is 1. The molecule has 3 heterocycles. The Morgan fingerprint density at radius 1 is 1.24 bits per heavy atom. The Hall–Kier alpha value is -3.72. The lowest BCUT2D eigenvalue weighted by atomic mass is 10.1. The van der Waals surface area contributed by atoms with Gasteiger partial charge in [0.05, 0.1) is 6.20 Å². The number of benzene rings is 1. The van der Waals surface area contributed by atoms with Crippen LogP contribution in [0.3, 0.4) is 0 Å². The number of furan rings is 1. The van der Waals surface area contributed by atoms with E-state index in [4.69, 9.17) is 20.4 Å². The van der Waals surface area contributed by atoms with Crippen LogP contribution in [0.4, 0.5) is 5.82 Å². The molecule has 0 radical (unpaired) electrons. The van der Waals surface area contributed by atoms with Gasteiger partial charge in [-0.1, -0.05) is 23.7 Å². The van der Waals surface area contributed by atoms with Crippen molar-refractivity contribution in [3.05, 3.63) is 71.2 Å². The van der Waals surface area contributed by atoms with Gasteiger partial charge in [0, 0.05) is 17.5 Å². The molecule has 1 aromatic carbocycles. The molecule has 1 amide bonds. The number of carbonyl (C=O) groups excluding carboxylic acids is 2. The van der Waals surface area contributed by atoms with Crippen molar-refractivity contribution >= 4 is 29.1 Å². The highest BCUT2D eigenvalue weighted by molar-refractivity contribution is 6.30. The molecule has 0 fully saturated rings. The molecule has 0 saturated carbocycles. The van der Waals surface area contributed by atoms with E-state index in [9.17, 15) is 9.59 Å². The Morgan fingerprint density at radius 3 is 2.86 bits per heavy atom. The minimum absolute atomic E-state index is 0.0963. The Bertz CT molecular complexity index is 1190. The maximum Gasteiger partial charge on any atom is 0.279 e. The quantitative estimate of drug-likeness (QED) is 0.481. The fraction of sp³-hybridized carbons (Fsp3) is 0.105. The summed E-state index contributed by atoms with van der Waals surface area (Å²) in [6.07, 6.45) is 2.58. The normalized spacial score (nSPS) is 10.8. The van der Waals surface area contributed by atoms with Gasteiger partial charge < -0.3 is 14.2 Å². The van der Waals surface area contributed by atoms with Crippen molar-refractivity contribution in [3.8, 4) is 11.3 Å². The van der Waals surface area contributed by atoms with Crippen molar-refractivity contribution in [1.82, 2.24) is 20.0 Å². The van der Waals surface area contributed by atoms with Crippen LogP contribution < -0.4 is 5.32 Å². The van der Waals surface area contributed by atoms with E-state index in [-0.39, 0.29) is 29.6 Å². The van der Waals surface area contributed by atoms with Crippen LogP contribution in [0.2, 0.25) is 5.02 Å². The number of rotatable bonds is 6. The molecule has 29 heavy (non-hydrogen) atoms. The molecule has 0 saturated heterocycles. The minimum atomic E-state index is -0.502. The van der Waals surface area contributed by atoms with Crippen LogP contribution >= 0.6 is 11.6 Å². The molecule has 0 bridgehead atoms. The van der Waals surface area contributed by atoms with E-state index in [2.05, 4.69) is 20.5 Å². The van der Waals surface area contributed by atoms with Crippen LogP contribution in [0.1, 0.15) is 33.7 Å². The summed E-state index contributed by atoms with van der Waals surface area (Å²) < 4.78 is 10.8. The van der Waals surface area contributed by atoms with Gasteiger partial charge in [-0.05, 0) is 24.3 Å². The maximum atomic E-state index is 12.6. The number of nitrogens with one attached hydrogen (secondary N) is 1. The first kappa shape index (κ1) is 18.6. The zero-order valence-corrected chi connectivity index (χ0v) is 15.9. The highest BCUT2D eigenvalue weighted by Gasteiger charge is 2.20. The van der Waals surface area contributed by atoms with Crippen LogP contribution in [-0.4, -0.2) is 31.7 Å². The average molecular weight is 412 g/mol. The lowest BCUT2D eigenvalue weighted by Gasteiger charge is -2.02. The second kappa shape index (κ2) is 7.72. The van der Waals surface area contributed by atoms with E-state index in [0.29, 0.717) is 22.1 Å². The van der Waals surface area contributed by atoms with Crippen LogP contribution in [0.15, 0.2) is 57.8 Å². The monoisotopic (exact) mass is 411 g/mol. The van der Waals surface area contributed by atoms with Crippen LogP contribution in [-0.2, 0) is 6.54 Å². The van der Waals surface area contributed by atoms with Gasteiger partial charge in [0.25, 0.3) is 5.91 Å². The van der Waals surface area contributed by atoms with Gasteiger partial charge in [-0.3, -0.25) is 9.59 Å². The summed E-state index contributed by atoms with van der Waals surface area (Å²) in [5, 5.41) is 11.4. The third-order valence-corrected chi connectivity index (χ3v) is 4.19. The summed E-state index contributed by atoms with van der Waals surface area (Å²) in [5.74, 6) is 0.639. The molecule has 4 aromatic rings. The number of ketones is 1. The first-order chi connectivity index (χ1) is 14.0. The highest BCUT2D eigenvalue weighted by atomic mass is 35.5. The van der Waals surface area contributed by atoms with Gasteiger partial charge in [0.1, 0.15) is 12.3 Å². The number of hydrogen-bond acceptors (Lipinski definition) is 7. The van der Waals surface area contributed by atoms with Crippen LogP contribution in [0.5, 0.6) is 0 Å². The fourth-order valence-electron chi connectivity index (χ4n) is 2.64. The number of carbonyl (C=O) groups is 2. The average Bonchev–Trinajstić information content (AvgIpc) is 3.42. The van der Waals surface area contributed by atoms with Crippen molar-refractivity contribution in [2.45, 2.75) is 13.5 Å². The molecule has 0 aliphatic heterocycles. The standard InChI is InChI=1S/C19H14ClN5O4/c1-11(26)15-6-5-14(29-15)9-25-22-8-16(24-25)23-19(27)17-18(28-10-21-17)12-3-2-4-13(20)7-12/h2-8,10H,9H2,1H3,(H,23,24,27). The molecule has 1 N–H and O–H groups in total. The first-order valence-electron chi connectivity index (χ1n) is 8.50. The molecule has 0 spiro atoms. The molecule has 0 aliphatic carbocycles. The van der Waals surface area contributed by atoms with E-state index in [1.54, 1.807) is 36.4 Å². The van der Waals surface area contributed by atoms with Gasteiger partial charge in [-0.2, -0.15) is 9.90 Å². The smallest absolute Gasteiger partial charge is 0.279 e. The summed E-state index contributed by atoms with van der Waals surface area (Å²) in [5.41, 5.74) is 0.724. The second-order valence-corrected chi connectivity index (χ2v) is 6.51. The number of nitrogens with zero attached hydrogens (tertiary/aromatic N) is 4. The molecule has 146 valence electrons. The van der Waals surface area contributed by atoms with E-state index in [1.807, 2.05) is 0 Å². The summed E-state index contributed by atoms with van der Waals surface area (Å²) >= 11 is 6.00. The highest BCUT2D eigenvalue weighted by Crippen LogP contribution is 2.26. The van der Waals surface area contributed by atoms with Crippen molar-refractivity contribution in [2.75, 3.05) is 5.32 Å². The van der Waals surface area contributed by atoms with Crippen molar-refractivity contribution in [3.63, 3.8) is 0 Å². The zero-order valence-electron chi connectivity index (χ0n) is 15.1. The van der Waals surface area contributed by atoms with Gasteiger partial charge in [0.2, 0.25) is 0 Å². The first-order valence-corrected chi connectivity index (χ1v) is 8.88. The second-order valence-electron chi connectivity index (χ2n) is 6.08. The van der Waals surface area contributed by atoms with Gasteiger partial charge in [-0.25, -0.2) is 4.98 Å². The van der Waals surface area contributed by atoms with E-state index in [0.717, 1.165) is 0 Å². The number of anilines is 1. The fourth-order valence-corrected chi connectivity index (χ4v) is 2.83. The summed E-state index contributed by atoms with van der Waals surface area (Å²) in [6.45, 7) is 1.63. The van der Waals surface area contributed by atoms with Crippen molar-refractivity contribution < 1.29 is 18.4 Å². The Kier molecular flexibility index (Phi) is 4.96. The zero-order chi connectivity index (χ0) is 20.4. The number of aromatic nitrogens is 4. The predicted octanol–water partition coefficient (Wildman–Crippen LogP) is 3.68. The van der Waals surface area contributed by atoms with Crippen LogP contribution in [0, 0.1) is 0 Å². The SMILES string of the molecule is CC(=O)c1ccc(Cn2ncc(NC(=O)c3ncoc3-c3cccc(Cl)c3)n2)o1. The number of hydrogen-bond donors (Lipinski definition) is 1. The molecule has 10 heteroatoms. The van der Waals surface area contributed by atoms with Crippen molar-refractivity contribution in [2.24, 2.45) is 0 Å². The summed E-state index contributed by atoms with van der Waals surface area (Å²) in [6, 6.07) is 10.2. The Labute approximate surface area is 169 Å². The third kappa shape index (κ3) is 4.09. The Balaban J connectivity index is 1.47. The largest absolute Gasteiger partial charge is 0.456 e. The van der Waals surface area contributed by atoms with E-state index in [1.165, 1.54) is 24.3 Å². The molecule has 0 atom stereocenters. The molecule has 4 rings (SSSR count). The third-order valence-electron chi connectivity index (χ3n) is 3.95. The number of amides is 1. The van der Waals surface area contributed by atoms with Gasteiger partial charge in [0.15, 0.2) is 35.2 Å².